The van der Waals surface area contributed by atoms with E-state index in [1.165, 1.54) is 24.6 Å². The van der Waals surface area contributed by atoms with Crippen LogP contribution < -0.4 is 4.74 Å². The summed E-state index contributed by atoms with van der Waals surface area (Å²) in [6.07, 6.45) is 6.01. The van der Waals surface area contributed by atoms with Gasteiger partial charge >= 0.3 is 0 Å². The SMILES string of the molecule is CSc1nc(-c2cc(OCCN3CCCC3)c(Cl)cc2Cl)c2c(C#N)c[nH]c2n1. The Kier molecular flexibility index (Phi) is 6.16. The quantitative estimate of drug-likeness (QED) is 0.423. The van der Waals surface area contributed by atoms with E-state index in [0.29, 0.717) is 55.4 Å². The van der Waals surface area contributed by atoms with E-state index in [2.05, 4.69) is 25.9 Å². The summed E-state index contributed by atoms with van der Waals surface area (Å²) < 4.78 is 5.97. The van der Waals surface area contributed by atoms with Crippen molar-refractivity contribution in [1.82, 2.24) is 19.9 Å². The molecule has 0 unspecified atom stereocenters. The monoisotopic (exact) mass is 447 g/mol. The Morgan fingerprint density at radius 1 is 1.24 bits per heavy atom. The summed E-state index contributed by atoms with van der Waals surface area (Å²) in [5, 5.41) is 11.6. The standard InChI is InChI=1S/C20H19Cl2N5OS/c1-29-20-25-18(17-12(10-23)11-24-19(17)26-20)13-8-16(15(22)9-14(13)21)28-7-6-27-4-2-3-5-27/h8-9,11H,2-7H2,1H3,(H,24,25,26). The summed E-state index contributed by atoms with van der Waals surface area (Å²) in [4.78, 5) is 14.5. The van der Waals surface area contributed by atoms with Gasteiger partial charge in [0.1, 0.15) is 24.1 Å². The summed E-state index contributed by atoms with van der Waals surface area (Å²) in [7, 11) is 0. The minimum atomic E-state index is 0.444. The summed E-state index contributed by atoms with van der Waals surface area (Å²) >= 11 is 14.3. The first kappa shape index (κ1) is 20.3. The zero-order valence-corrected chi connectivity index (χ0v) is 18.2. The fourth-order valence-corrected chi connectivity index (χ4v) is 4.39. The first-order valence-corrected chi connectivity index (χ1v) is 11.3. The molecule has 0 bridgehead atoms. The highest BCUT2D eigenvalue weighted by atomic mass is 35.5. The fourth-order valence-electron chi connectivity index (χ4n) is 3.50. The smallest absolute Gasteiger partial charge is 0.189 e. The molecule has 1 aromatic carbocycles. The van der Waals surface area contributed by atoms with Crippen LogP contribution in [-0.4, -0.2) is 52.3 Å². The lowest BCUT2D eigenvalue weighted by Crippen LogP contribution is -2.25. The largest absolute Gasteiger partial charge is 0.491 e. The van der Waals surface area contributed by atoms with Crippen molar-refractivity contribution in [2.75, 3.05) is 32.5 Å². The zero-order chi connectivity index (χ0) is 20.4. The van der Waals surface area contributed by atoms with Crippen LogP contribution in [0.4, 0.5) is 0 Å². The van der Waals surface area contributed by atoms with Crippen LogP contribution in [0.15, 0.2) is 23.5 Å². The Labute approximate surface area is 183 Å². The minimum absolute atomic E-state index is 0.444. The van der Waals surface area contributed by atoms with Crippen LogP contribution in [-0.2, 0) is 0 Å². The van der Waals surface area contributed by atoms with Crippen LogP contribution in [0.25, 0.3) is 22.3 Å². The molecule has 1 saturated heterocycles. The van der Waals surface area contributed by atoms with Crippen LogP contribution in [0.1, 0.15) is 18.4 Å². The van der Waals surface area contributed by atoms with Gasteiger partial charge in [0, 0.05) is 18.3 Å². The third kappa shape index (κ3) is 4.17. The molecule has 0 saturated carbocycles. The molecule has 3 heterocycles. The van der Waals surface area contributed by atoms with Crippen LogP contribution in [0, 0.1) is 11.3 Å². The maximum atomic E-state index is 9.50. The number of rotatable bonds is 6. The molecule has 0 aliphatic carbocycles. The predicted octanol–water partition coefficient (Wildman–Crippen LogP) is 5.00. The molecule has 1 N–H and O–H groups in total. The molecule has 3 aromatic rings. The van der Waals surface area contributed by atoms with E-state index >= 15 is 0 Å². The maximum Gasteiger partial charge on any atom is 0.189 e. The maximum absolute atomic E-state index is 9.50. The molecule has 1 aliphatic heterocycles. The van der Waals surface area contributed by atoms with E-state index in [9.17, 15) is 5.26 Å². The highest BCUT2D eigenvalue weighted by Gasteiger charge is 2.19. The van der Waals surface area contributed by atoms with Crippen molar-refractivity contribution < 1.29 is 4.74 Å². The number of ether oxygens (including phenoxy) is 1. The average Bonchev–Trinajstić information content (AvgIpc) is 3.38. The van der Waals surface area contributed by atoms with Gasteiger partial charge in [0.15, 0.2) is 5.16 Å². The van der Waals surface area contributed by atoms with E-state index in [1.54, 1.807) is 18.3 Å². The minimum Gasteiger partial charge on any atom is -0.491 e. The molecule has 0 amide bonds. The molecular formula is C20H19Cl2N5OS. The van der Waals surface area contributed by atoms with Crippen LogP contribution in [0.5, 0.6) is 5.75 Å². The summed E-state index contributed by atoms with van der Waals surface area (Å²) in [6.45, 7) is 3.64. The number of aromatic nitrogens is 3. The Bertz CT molecular complexity index is 1090. The zero-order valence-electron chi connectivity index (χ0n) is 15.8. The number of fused-ring (bicyclic) bond motifs is 1. The summed E-state index contributed by atoms with van der Waals surface area (Å²) in [6, 6.07) is 5.65. The van der Waals surface area contributed by atoms with E-state index < -0.39 is 0 Å². The number of benzene rings is 1. The third-order valence-corrected chi connectivity index (χ3v) is 6.11. The number of halogens is 2. The fraction of sp³-hybridized carbons (Fsp3) is 0.350. The van der Waals surface area contributed by atoms with Crippen LogP contribution in [0.3, 0.4) is 0 Å². The van der Waals surface area contributed by atoms with Crippen molar-refractivity contribution in [3.05, 3.63) is 33.9 Å². The van der Waals surface area contributed by atoms with Gasteiger partial charge in [-0.15, -0.1) is 0 Å². The van der Waals surface area contributed by atoms with Crippen LogP contribution in [0.2, 0.25) is 10.0 Å². The number of nitriles is 1. The Morgan fingerprint density at radius 3 is 2.76 bits per heavy atom. The van der Waals surface area contributed by atoms with Crippen LogP contribution >= 0.6 is 35.0 Å². The van der Waals surface area contributed by atoms with Crippen molar-refractivity contribution in [2.24, 2.45) is 0 Å². The van der Waals surface area contributed by atoms with Gasteiger partial charge in [0.05, 0.1) is 26.7 Å². The van der Waals surface area contributed by atoms with E-state index in [0.717, 1.165) is 19.6 Å². The summed E-state index contributed by atoms with van der Waals surface area (Å²) in [5.41, 5.74) is 2.30. The van der Waals surface area contributed by atoms with Gasteiger partial charge in [0.2, 0.25) is 0 Å². The molecule has 29 heavy (non-hydrogen) atoms. The average molecular weight is 448 g/mol. The van der Waals surface area contributed by atoms with Gasteiger partial charge < -0.3 is 9.72 Å². The Balaban J connectivity index is 1.72. The molecule has 0 spiro atoms. The molecule has 2 aromatic heterocycles. The van der Waals surface area contributed by atoms with E-state index in [4.69, 9.17) is 27.9 Å². The molecule has 1 aliphatic rings. The van der Waals surface area contributed by atoms with Gasteiger partial charge in [0.25, 0.3) is 0 Å². The number of hydrogen-bond donors (Lipinski definition) is 1. The van der Waals surface area contributed by atoms with Crippen molar-refractivity contribution in [2.45, 2.75) is 18.0 Å². The third-order valence-electron chi connectivity index (χ3n) is 4.95. The second kappa shape index (κ2) is 8.80. The molecule has 150 valence electrons. The van der Waals surface area contributed by atoms with Gasteiger partial charge in [-0.3, -0.25) is 4.90 Å². The molecule has 1 fully saturated rings. The number of nitrogens with zero attached hydrogens (tertiary/aromatic N) is 4. The first-order chi connectivity index (χ1) is 14.1. The van der Waals surface area contributed by atoms with Crippen molar-refractivity contribution in [3.8, 4) is 23.1 Å². The Hall–Kier alpha value is -1.98. The van der Waals surface area contributed by atoms with Crippen molar-refractivity contribution in [3.63, 3.8) is 0 Å². The number of aromatic amines is 1. The molecule has 9 heteroatoms. The molecule has 0 atom stereocenters. The van der Waals surface area contributed by atoms with Gasteiger partial charge in [-0.2, -0.15) is 5.26 Å². The lowest BCUT2D eigenvalue weighted by molar-refractivity contribution is 0.238. The highest BCUT2D eigenvalue weighted by Crippen LogP contribution is 2.39. The normalized spacial score (nSPS) is 14.4. The predicted molar refractivity (Wildman–Crippen MR) is 117 cm³/mol. The lowest BCUT2D eigenvalue weighted by Gasteiger charge is -2.16. The topological polar surface area (TPSA) is 77.8 Å². The second-order valence-electron chi connectivity index (χ2n) is 6.76. The highest BCUT2D eigenvalue weighted by molar-refractivity contribution is 7.98. The first-order valence-electron chi connectivity index (χ1n) is 9.28. The van der Waals surface area contributed by atoms with E-state index in [-0.39, 0.29) is 0 Å². The Morgan fingerprint density at radius 2 is 2.03 bits per heavy atom. The molecule has 0 radical (unpaired) electrons. The second-order valence-corrected chi connectivity index (χ2v) is 8.34. The van der Waals surface area contributed by atoms with Crippen molar-refractivity contribution in [1.29, 1.82) is 5.26 Å². The summed E-state index contributed by atoms with van der Waals surface area (Å²) in [5.74, 6) is 0.553. The number of nitrogens with one attached hydrogen (secondary N) is 1. The van der Waals surface area contributed by atoms with Crippen molar-refractivity contribution >= 4 is 46.0 Å². The lowest BCUT2D eigenvalue weighted by atomic mass is 10.1. The number of hydrogen-bond acceptors (Lipinski definition) is 6. The number of thioether (sulfide) groups is 1. The van der Waals surface area contributed by atoms with Gasteiger partial charge in [-0.25, -0.2) is 9.97 Å². The van der Waals surface area contributed by atoms with Gasteiger partial charge in [-0.05, 0) is 44.3 Å². The molecular weight excluding hydrogens is 429 g/mol. The van der Waals surface area contributed by atoms with Gasteiger partial charge in [-0.1, -0.05) is 35.0 Å². The molecule has 4 rings (SSSR count). The molecule has 6 nitrogen and oxygen atoms in total. The van der Waals surface area contributed by atoms with E-state index in [1.807, 2.05) is 6.26 Å². The number of likely N-dealkylation sites (tertiary alicyclic amines) is 1. The number of H-pyrrole nitrogens is 1.